The van der Waals surface area contributed by atoms with Gasteiger partial charge in [-0.2, -0.15) is 12.0 Å². The Morgan fingerprint density at radius 1 is 1.03 bits per heavy atom. The van der Waals surface area contributed by atoms with Gasteiger partial charge < -0.3 is 38.4 Å². The molecule has 1 heterocycles. The first kappa shape index (κ1) is 33.8. The molecule has 13 nitrogen and oxygen atoms in total. The van der Waals surface area contributed by atoms with Crippen LogP contribution in [0.2, 0.25) is 0 Å². The monoisotopic (exact) mass is 640 g/mol. The molecule has 0 saturated heterocycles. The van der Waals surface area contributed by atoms with Gasteiger partial charge in [-0.3, -0.25) is 19.3 Å². The summed E-state index contributed by atoms with van der Waals surface area (Å²) >= 11 is 0. The molecule has 1 aliphatic heterocycles. The van der Waals surface area contributed by atoms with Crippen molar-refractivity contribution >= 4 is 35.8 Å². The number of amides is 3. The Morgan fingerprint density at radius 2 is 1.44 bits per heavy atom. The van der Waals surface area contributed by atoms with E-state index in [9.17, 15) is 14.4 Å². The third kappa shape index (κ3) is 19.2. The van der Waals surface area contributed by atoms with Crippen LogP contribution in [0.15, 0.2) is 12.2 Å². The molecule has 1 saturated carbocycles. The second-order valence-corrected chi connectivity index (χ2v) is 6.17. The minimum atomic E-state index is -1.82. The summed E-state index contributed by atoms with van der Waals surface area (Å²) in [5.41, 5.74) is 7.42. The molecule has 0 radical (unpaired) electrons. The van der Waals surface area contributed by atoms with Gasteiger partial charge in [0.25, 0.3) is 17.8 Å². The van der Waals surface area contributed by atoms with Crippen molar-refractivity contribution < 1.29 is 70.3 Å². The van der Waals surface area contributed by atoms with Gasteiger partial charge in [-0.1, -0.05) is 25.7 Å². The maximum Gasteiger partial charge on any atom is 2.00 e. The maximum atomic E-state index is 10.9. The Bertz CT molecular complexity index is 640. The molecular formula is C18H27N3O10Pt. The summed E-state index contributed by atoms with van der Waals surface area (Å²) in [6.45, 7) is 5.09. The standard InChI is InChI=1S/C7H8N2O4.C7H13N.C2H2O4.C2H4O2.Pt/c10-5-1-2-6(11)9(5)4-3-8-7(12)13;1-6-4-2-3-5-7(6)8;3-1(4)2(5)6;1-2(3)4;/h1-2,8H,3-4H2,(H,12,13);6-8H,1-5H2;(H,3,4)(H,5,6);1H3,(H,3,4);/q;-2;;;+2/t;6-,7-;;;/m.1.../s1. The van der Waals surface area contributed by atoms with E-state index in [2.05, 4.69) is 12.2 Å². The van der Waals surface area contributed by atoms with Gasteiger partial charge in [0.1, 0.15) is 0 Å². The second-order valence-electron chi connectivity index (χ2n) is 6.17. The molecule has 0 spiro atoms. The molecule has 1 aliphatic carbocycles. The minimum Gasteiger partial charge on any atom is -0.677 e. The number of rotatable bonds is 3. The molecule has 2 rings (SSSR count). The SMILES string of the molecule is CC(=O)O.O=C(O)C(=O)O.O=C(O)NCCN1C(=O)C=CC1=O.[CH2-][C@@H]1CCCC[C@H]1[NH-].[Pt+2]. The summed E-state index contributed by atoms with van der Waals surface area (Å²) in [7, 11) is 0. The molecule has 0 bridgehead atoms. The first-order chi connectivity index (χ1) is 14.3. The number of imide groups is 1. The minimum absolute atomic E-state index is 0. The molecule has 0 aromatic carbocycles. The van der Waals surface area contributed by atoms with Crippen molar-refractivity contribution in [2.45, 2.75) is 38.6 Å². The van der Waals surface area contributed by atoms with Crippen LogP contribution in [-0.2, 0) is 45.0 Å². The maximum absolute atomic E-state index is 10.9. The van der Waals surface area contributed by atoms with Crippen molar-refractivity contribution in [3.05, 3.63) is 24.8 Å². The van der Waals surface area contributed by atoms with Crippen LogP contribution in [0.3, 0.4) is 0 Å². The number of hydrogen-bond donors (Lipinski definition) is 5. The third-order valence-electron chi connectivity index (χ3n) is 3.60. The smallest absolute Gasteiger partial charge is 0.677 e. The number of carbonyl (C=O) groups excluding carboxylic acids is 2. The normalized spacial score (nSPS) is 18.3. The van der Waals surface area contributed by atoms with E-state index in [1.807, 2.05) is 0 Å². The fourth-order valence-corrected chi connectivity index (χ4v) is 2.13. The topological polar surface area (TPSA) is 222 Å². The van der Waals surface area contributed by atoms with Gasteiger partial charge in [0.15, 0.2) is 0 Å². The second kappa shape index (κ2) is 18.9. The summed E-state index contributed by atoms with van der Waals surface area (Å²) in [4.78, 5) is 60.0. The molecule has 0 aromatic rings. The molecule has 32 heavy (non-hydrogen) atoms. The molecule has 14 heteroatoms. The summed E-state index contributed by atoms with van der Waals surface area (Å²) < 4.78 is 0. The van der Waals surface area contributed by atoms with Crippen LogP contribution in [-0.4, -0.2) is 80.3 Å². The summed E-state index contributed by atoms with van der Waals surface area (Å²) in [5, 5.41) is 32.5. The van der Waals surface area contributed by atoms with Crippen LogP contribution in [0, 0.1) is 12.8 Å². The quantitative estimate of drug-likeness (QED) is 0.166. The Hall–Kier alpha value is -2.79. The summed E-state index contributed by atoms with van der Waals surface area (Å²) in [5.74, 6) is -4.87. The number of hydrogen-bond acceptors (Lipinski definition) is 6. The number of carbonyl (C=O) groups is 6. The molecule has 184 valence electrons. The zero-order valence-electron chi connectivity index (χ0n) is 17.3. The van der Waals surface area contributed by atoms with Gasteiger partial charge in [-0.05, 0) is 0 Å². The molecule has 0 unspecified atom stereocenters. The van der Waals surface area contributed by atoms with Crippen molar-refractivity contribution in [3.8, 4) is 0 Å². The zero-order chi connectivity index (χ0) is 24.6. The molecular weight excluding hydrogens is 613 g/mol. The van der Waals surface area contributed by atoms with Crippen LogP contribution in [0.1, 0.15) is 32.6 Å². The predicted octanol–water partition coefficient (Wildman–Crippen LogP) is 0.854. The average molecular weight is 641 g/mol. The summed E-state index contributed by atoms with van der Waals surface area (Å²) in [6.07, 6.45) is 5.94. The van der Waals surface area contributed by atoms with E-state index in [0.717, 1.165) is 30.4 Å². The van der Waals surface area contributed by atoms with E-state index in [4.69, 9.17) is 40.5 Å². The van der Waals surface area contributed by atoms with Crippen LogP contribution in [0.25, 0.3) is 5.73 Å². The Balaban J connectivity index is -0.000000382. The van der Waals surface area contributed by atoms with E-state index in [1.54, 1.807) is 0 Å². The molecule has 1 fully saturated rings. The van der Waals surface area contributed by atoms with Crippen molar-refractivity contribution in [1.29, 1.82) is 0 Å². The fourth-order valence-electron chi connectivity index (χ4n) is 2.13. The fraction of sp³-hybridized carbons (Fsp3) is 0.500. The molecule has 6 N–H and O–H groups in total. The van der Waals surface area contributed by atoms with E-state index in [1.165, 1.54) is 19.3 Å². The number of nitrogens with zero attached hydrogens (tertiary/aromatic N) is 1. The van der Waals surface area contributed by atoms with Crippen LogP contribution >= 0.6 is 0 Å². The van der Waals surface area contributed by atoms with Crippen LogP contribution < -0.4 is 5.32 Å². The van der Waals surface area contributed by atoms with Gasteiger partial charge in [-0.25, -0.2) is 14.4 Å². The first-order valence-corrected chi connectivity index (χ1v) is 8.99. The zero-order valence-corrected chi connectivity index (χ0v) is 19.5. The summed E-state index contributed by atoms with van der Waals surface area (Å²) in [6, 6.07) is 0.142. The third-order valence-corrected chi connectivity index (χ3v) is 3.60. The molecule has 2 atom stereocenters. The van der Waals surface area contributed by atoms with E-state index in [-0.39, 0.29) is 40.2 Å². The number of aliphatic carboxylic acids is 3. The van der Waals surface area contributed by atoms with E-state index >= 15 is 0 Å². The number of nitrogens with one attached hydrogen (secondary N) is 2. The van der Waals surface area contributed by atoms with Gasteiger partial charge in [-0.15, -0.1) is 0 Å². The van der Waals surface area contributed by atoms with Crippen LogP contribution in [0.4, 0.5) is 4.79 Å². The Labute approximate surface area is 198 Å². The Morgan fingerprint density at radius 3 is 1.72 bits per heavy atom. The number of carboxylic acid groups (broad SMARTS) is 4. The van der Waals surface area contributed by atoms with Gasteiger partial charge >= 0.3 is 39.1 Å². The van der Waals surface area contributed by atoms with Crippen molar-refractivity contribution in [2.75, 3.05) is 13.1 Å². The number of carboxylic acids is 3. The Kier molecular flexibility index (Phi) is 20.0. The van der Waals surface area contributed by atoms with E-state index < -0.39 is 35.8 Å². The predicted molar refractivity (Wildman–Crippen MR) is 106 cm³/mol. The van der Waals surface area contributed by atoms with Crippen molar-refractivity contribution in [1.82, 2.24) is 10.2 Å². The van der Waals surface area contributed by atoms with Crippen LogP contribution in [0.5, 0.6) is 0 Å². The first-order valence-electron chi connectivity index (χ1n) is 8.99. The van der Waals surface area contributed by atoms with Gasteiger partial charge in [0, 0.05) is 32.2 Å². The molecule has 3 amide bonds. The average Bonchev–Trinajstić information content (AvgIpc) is 2.96. The largest absolute Gasteiger partial charge is 2.00 e. The van der Waals surface area contributed by atoms with Gasteiger partial charge in [0.05, 0.1) is 0 Å². The van der Waals surface area contributed by atoms with Gasteiger partial charge in [0.2, 0.25) is 0 Å². The molecule has 2 aliphatic rings. The van der Waals surface area contributed by atoms with Crippen molar-refractivity contribution in [2.24, 2.45) is 5.92 Å². The molecule has 0 aromatic heterocycles. The van der Waals surface area contributed by atoms with Crippen molar-refractivity contribution in [3.63, 3.8) is 0 Å². The van der Waals surface area contributed by atoms with E-state index in [0.29, 0.717) is 5.92 Å².